The van der Waals surface area contributed by atoms with Gasteiger partial charge in [-0.15, -0.1) is 13.2 Å². The van der Waals surface area contributed by atoms with Gasteiger partial charge >= 0.3 is 6.36 Å². The Hall–Kier alpha value is -1.76. The maximum atomic E-state index is 12.2. The number of amides is 1. The Morgan fingerprint density at radius 2 is 1.95 bits per heavy atom. The van der Waals surface area contributed by atoms with Crippen molar-refractivity contribution < 1.29 is 22.7 Å². The number of halogens is 3. The summed E-state index contributed by atoms with van der Waals surface area (Å²) in [6.45, 7) is 0. The van der Waals surface area contributed by atoms with Crippen LogP contribution in [0.5, 0.6) is 5.75 Å². The number of nitrogens with two attached hydrogens (primary N) is 1. The van der Waals surface area contributed by atoms with E-state index in [-0.39, 0.29) is 5.69 Å². The van der Waals surface area contributed by atoms with Crippen LogP contribution in [0.15, 0.2) is 24.3 Å². The Morgan fingerprint density at radius 3 is 2.47 bits per heavy atom. The van der Waals surface area contributed by atoms with Crippen LogP contribution in [0.2, 0.25) is 0 Å². The lowest BCUT2D eigenvalue weighted by Gasteiger charge is -2.36. The van der Waals surface area contributed by atoms with Gasteiger partial charge in [0.05, 0.1) is 11.2 Å². The van der Waals surface area contributed by atoms with E-state index in [1.807, 2.05) is 0 Å². The number of carbonyl (C=O) groups excluding carboxylic acids is 1. The number of hydrogen-bond acceptors (Lipinski definition) is 3. The van der Waals surface area contributed by atoms with Crippen molar-refractivity contribution in [2.24, 2.45) is 5.73 Å². The fourth-order valence-electron chi connectivity index (χ4n) is 1.82. The van der Waals surface area contributed by atoms with E-state index in [0.717, 1.165) is 12.5 Å². The van der Waals surface area contributed by atoms with Crippen LogP contribution in [0.25, 0.3) is 0 Å². The average Bonchev–Trinajstić information content (AvgIpc) is 2.26. The highest BCUT2D eigenvalue weighted by molar-refractivity contribution is 5.99. The minimum atomic E-state index is -4.81. The molecule has 0 radical (unpaired) electrons. The van der Waals surface area contributed by atoms with E-state index in [2.05, 4.69) is 10.1 Å². The van der Waals surface area contributed by atoms with Crippen molar-refractivity contribution >= 4 is 11.6 Å². The van der Waals surface area contributed by atoms with Crippen LogP contribution in [0.3, 0.4) is 0 Å². The molecule has 0 aromatic heterocycles. The molecule has 3 N–H and O–H groups in total. The van der Waals surface area contributed by atoms with Gasteiger partial charge in [-0.1, -0.05) is 12.1 Å². The van der Waals surface area contributed by atoms with Crippen LogP contribution >= 0.6 is 0 Å². The molecule has 0 atom stereocenters. The molecule has 0 spiro atoms. The summed E-state index contributed by atoms with van der Waals surface area (Å²) in [6, 6.07) is 5.36. The number of hydrogen-bond donors (Lipinski definition) is 2. The molecule has 0 unspecified atom stereocenters. The largest absolute Gasteiger partial charge is 0.573 e. The Bertz CT molecular complexity index is 484. The van der Waals surface area contributed by atoms with Gasteiger partial charge in [-0.3, -0.25) is 4.79 Å². The molecule has 1 aromatic rings. The highest BCUT2D eigenvalue weighted by Gasteiger charge is 2.40. The lowest BCUT2D eigenvalue weighted by Crippen LogP contribution is -2.56. The van der Waals surface area contributed by atoms with Gasteiger partial charge in [0.25, 0.3) is 0 Å². The second kappa shape index (κ2) is 4.73. The first kappa shape index (κ1) is 13.7. The molecule has 1 amide bonds. The summed E-state index contributed by atoms with van der Waals surface area (Å²) in [7, 11) is 0. The third kappa shape index (κ3) is 3.17. The molecule has 0 saturated heterocycles. The maximum Gasteiger partial charge on any atom is 0.573 e. The van der Waals surface area contributed by atoms with Crippen molar-refractivity contribution in [3.63, 3.8) is 0 Å². The molecule has 0 heterocycles. The van der Waals surface area contributed by atoms with Gasteiger partial charge < -0.3 is 15.8 Å². The first-order valence-electron chi connectivity index (χ1n) is 5.75. The van der Waals surface area contributed by atoms with Crippen LogP contribution < -0.4 is 15.8 Å². The molecular formula is C12H13F3N2O2. The van der Waals surface area contributed by atoms with E-state index >= 15 is 0 Å². The van der Waals surface area contributed by atoms with E-state index in [1.165, 1.54) is 18.2 Å². The SMILES string of the molecule is NC1(C(=O)Nc2ccccc2OC(F)(F)F)CCC1. The highest BCUT2D eigenvalue weighted by atomic mass is 19.4. The highest BCUT2D eigenvalue weighted by Crippen LogP contribution is 2.33. The summed E-state index contributed by atoms with van der Waals surface area (Å²) < 4.78 is 40.5. The molecule has 1 aromatic carbocycles. The number of rotatable bonds is 3. The molecule has 0 aliphatic heterocycles. The summed E-state index contributed by atoms with van der Waals surface area (Å²) in [5.41, 5.74) is 4.78. The van der Waals surface area contributed by atoms with Crippen LogP contribution in [0.4, 0.5) is 18.9 Å². The summed E-state index contributed by atoms with van der Waals surface area (Å²) in [6.07, 6.45) is -2.91. The monoisotopic (exact) mass is 274 g/mol. The van der Waals surface area contributed by atoms with E-state index in [0.29, 0.717) is 12.8 Å². The minimum absolute atomic E-state index is 0.0402. The Labute approximate surface area is 107 Å². The molecule has 1 aliphatic rings. The normalized spacial score (nSPS) is 17.5. The first-order chi connectivity index (χ1) is 8.80. The molecule has 2 rings (SSSR count). The maximum absolute atomic E-state index is 12.2. The molecule has 4 nitrogen and oxygen atoms in total. The average molecular weight is 274 g/mol. The lowest BCUT2D eigenvalue weighted by atomic mass is 9.77. The third-order valence-electron chi connectivity index (χ3n) is 3.06. The number of nitrogens with one attached hydrogen (secondary N) is 1. The summed E-state index contributed by atoms with van der Waals surface area (Å²) in [5.74, 6) is -0.941. The Morgan fingerprint density at radius 1 is 1.32 bits per heavy atom. The Balaban J connectivity index is 2.14. The quantitative estimate of drug-likeness (QED) is 0.889. The van der Waals surface area contributed by atoms with Crippen molar-refractivity contribution in [1.29, 1.82) is 0 Å². The molecular weight excluding hydrogens is 261 g/mol. The predicted octanol–water partition coefficient (Wildman–Crippen LogP) is 2.41. The van der Waals surface area contributed by atoms with Crippen molar-refractivity contribution in [3.8, 4) is 5.75 Å². The summed E-state index contributed by atoms with van der Waals surface area (Å²) in [5, 5.41) is 2.39. The van der Waals surface area contributed by atoms with Crippen molar-refractivity contribution in [2.45, 2.75) is 31.2 Å². The van der Waals surface area contributed by atoms with Gasteiger partial charge in [0, 0.05) is 0 Å². The number of benzene rings is 1. The number of alkyl halides is 3. The fraction of sp³-hybridized carbons (Fsp3) is 0.417. The van der Waals surface area contributed by atoms with Gasteiger partial charge in [0.15, 0.2) is 5.75 Å². The molecule has 19 heavy (non-hydrogen) atoms. The van der Waals surface area contributed by atoms with Crippen LogP contribution in [0, 0.1) is 0 Å². The van der Waals surface area contributed by atoms with Crippen molar-refractivity contribution in [1.82, 2.24) is 0 Å². The smallest absolute Gasteiger partial charge is 0.404 e. The molecule has 1 saturated carbocycles. The number of anilines is 1. The standard InChI is InChI=1S/C12H13F3N2O2/c13-12(14,15)19-9-5-2-1-4-8(9)17-10(18)11(16)6-3-7-11/h1-2,4-5H,3,6-7,16H2,(H,17,18). The van der Waals surface area contributed by atoms with Gasteiger partial charge in [-0.2, -0.15) is 0 Å². The predicted molar refractivity (Wildman–Crippen MR) is 62.5 cm³/mol. The number of para-hydroxylation sites is 2. The molecule has 104 valence electrons. The van der Waals surface area contributed by atoms with E-state index in [4.69, 9.17) is 5.73 Å². The molecule has 1 fully saturated rings. The van der Waals surface area contributed by atoms with Crippen LogP contribution in [-0.2, 0) is 4.79 Å². The minimum Gasteiger partial charge on any atom is -0.404 e. The van der Waals surface area contributed by atoms with E-state index in [1.54, 1.807) is 0 Å². The zero-order valence-corrected chi connectivity index (χ0v) is 9.96. The van der Waals surface area contributed by atoms with E-state index < -0.39 is 23.6 Å². The van der Waals surface area contributed by atoms with Gasteiger partial charge in [0.1, 0.15) is 0 Å². The van der Waals surface area contributed by atoms with Gasteiger partial charge in [-0.25, -0.2) is 0 Å². The fourth-order valence-corrected chi connectivity index (χ4v) is 1.82. The number of ether oxygens (including phenoxy) is 1. The Kier molecular flexibility index (Phi) is 3.40. The zero-order chi connectivity index (χ0) is 14.1. The second-order valence-corrected chi connectivity index (χ2v) is 4.51. The summed E-state index contributed by atoms with van der Waals surface area (Å²) >= 11 is 0. The van der Waals surface area contributed by atoms with Crippen LogP contribution in [0.1, 0.15) is 19.3 Å². The van der Waals surface area contributed by atoms with Crippen molar-refractivity contribution in [3.05, 3.63) is 24.3 Å². The topological polar surface area (TPSA) is 64.4 Å². The van der Waals surface area contributed by atoms with E-state index in [9.17, 15) is 18.0 Å². The van der Waals surface area contributed by atoms with Gasteiger partial charge in [-0.05, 0) is 31.4 Å². The summed E-state index contributed by atoms with van der Waals surface area (Å²) in [4.78, 5) is 11.9. The first-order valence-corrected chi connectivity index (χ1v) is 5.75. The molecule has 7 heteroatoms. The third-order valence-corrected chi connectivity index (χ3v) is 3.06. The second-order valence-electron chi connectivity index (χ2n) is 4.51. The molecule has 1 aliphatic carbocycles. The zero-order valence-electron chi connectivity index (χ0n) is 9.96. The molecule has 0 bridgehead atoms. The number of carbonyl (C=O) groups is 1. The van der Waals surface area contributed by atoms with Gasteiger partial charge in [0.2, 0.25) is 5.91 Å². The lowest BCUT2D eigenvalue weighted by molar-refractivity contribution is -0.274. The van der Waals surface area contributed by atoms with Crippen LogP contribution in [-0.4, -0.2) is 17.8 Å². The van der Waals surface area contributed by atoms with Crippen molar-refractivity contribution in [2.75, 3.05) is 5.32 Å².